The molecule has 1 saturated heterocycles. The van der Waals surface area contributed by atoms with Crippen molar-refractivity contribution in [2.45, 2.75) is 65.3 Å². The fourth-order valence-electron chi connectivity index (χ4n) is 3.53. The Hall–Kier alpha value is -0.810. The zero-order valence-corrected chi connectivity index (χ0v) is 16.2. The van der Waals surface area contributed by atoms with E-state index in [-0.39, 0.29) is 29.6 Å². The van der Waals surface area contributed by atoms with E-state index in [0.29, 0.717) is 32.6 Å². The van der Waals surface area contributed by atoms with Crippen LogP contribution in [0.2, 0.25) is 0 Å². The molecule has 0 spiro atoms. The van der Waals surface area contributed by atoms with E-state index in [1.54, 1.807) is 0 Å². The van der Waals surface area contributed by atoms with Crippen LogP contribution in [0.25, 0.3) is 0 Å². The predicted octanol–water partition coefficient (Wildman–Crippen LogP) is 2.42. The monoisotopic (exact) mass is 359 g/mol. The number of carbonyl (C=O) groups excluding carboxylic acids is 2. The van der Waals surface area contributed by atoms with Gasteiger partial charge in [-0.3, -0.25) is 9.59 Å². The summed E-state index contributed by atoms with van der Waals surface area (Å²) in [6, 6.07) is -0.480. The summed E-state index contributed by atoms with van der Waals surface area (Å²) in [5, 5.41) is 0. The number of nitrogens with two attached hydrogens (primary N) is 1. The highest BCUT2D eigenvalue weighted by Gasteiger charge is 2.33. The van der Waals surface area contributed by atoms with Crippen LogP contribution in [-0.2, 0) is 9.59 Å². The maximum absolute atomic E-state index is 12.4. The third-order valence-electron chi connectivity index (χ3n) is 5.38. The Bertz CT molecular complexity index is 422. The molecule has 0 bridgehead atoms. The molecule has 2 N–H and O–H groups in total. The van der Waals surface area contributed by atoms with Crippen LogP contribution < -0.4 is 5.73 Å². The Kier molecular flexibility index (Phi) is 8.00. The molecule has 2 aliphatic rings. The minimum atomic E-state index is -0.480. The summed E-state index contributed by atoms with van der Waals surface area (Å²) >= 11 is 0. The number of piperazine rings is 1. The van der Waals surface area contributed by atoms with Gasteiger partial charge in [-0.15, -0.1) is 12.4 Å². The van der Waals surface area contributed by atoms with Crippen molar-refractivity contribution >= 4 is 24.2 Å². The molecule has 24 heavy (non-hydrogen) atoms. The van der Waals surface area contributed by atoms with Crippen LogP contribution in [-0.4, -0.2) is 53.8 Å². The Morgan fingerprint density at radius 1 is 1.04 bits per heavy atom. The first kappa shape index (κ1) is 21.2. The summed E-state index contributed by atoms with van der Waals surface area (Å²) in [5.74, 6) is 1.02. The number of carbonyl (C=O) groups is 2. The molecule has 2 rings (SSSR count). The van der Waals surface area contributed by atoms with Crippen molar-refractivity contribution in [2.75, 3.05) is 26.2 Å². The van der Waals surface area contributed by atoms with Crippen LogP contribution in [0.15, 0.2) is 0 Å². The lowest BCUT2D eigenvalue weighted by Crippen LogP contribution is -2.56. The average molecular weight is 360 g/mol. The van der Waals surface area contributed by atoms with Gasteiger partial charge in [0.1, 0.15) is 0 Å². The summed E-state index contributed by atoms with van der Waals surface area (Å²) < 4.78 is 0. The summed E-state index contributed by atoms with van der Waals surface area (Å²) in [7, 11) is 0. The van der Waals surface area contributed by atoms with Gasteiger partial charge in [-0.05, 0) is 17.8 Å². The zero-order valence-electron chi connectivity index (χ0n) is 15.4. The van der Waals surface area contributed by atoms with E-state index in [0.717, 1.165) is 12.3 Å². The van der Waals surface area contributed by atoms with Gasteiger partial charge >= 0.3 is 0 Å². The number of rotatable bonds is 4. The van der Waals surface area contributed by atoms with Crippen LogP contribution in [0.3, 0.4) is 0 Å². The van der Waals surface area contributed by atoms with Crippen LogP contribution in [0.1, 0.15) is 59.3 Å². The molecule has 1 saturated carbocycles. The first-order chi connectivity index (χ1) is 10.8. The molecule has 2 fully saturated rings. The minimum absolute atomic E-state index is 0. The molecule has 1 aliphatic carbocycles. The first-order valence-corrected chi connectivity index (χ1v) is 9.11. The van der Waals surface area contributed by atoms with Gasteiger partial charge in [0.25, 0.3) is 0 Å². The smallest absolute Gasteiger partial charge is 0.240 e. The lowest BCUT2D eigenvalue weighted by molar-refractivity contribution is -0.141. The van der Waals surface area contributed by atoms with Gasteiger partial charge in [-0.2, -0.15) is 0 Å². The molecule has 1 atom stereocenters. The molecule has 1 heterocycles. The molecule has 0 aromatic carbocycles. The molecule has 0 aromatic heterocycles. The number of amides is 2. The maximum atomic E-state index is 12.4. The highest BCUT2D eigenvalue weighted by atomic mass is 35.5. The van der Waals surface area contributed by atoms with E-state index < -0.39 is 6.04 Å². The van der Waals surface area contributed by atoms with Crippen molar-refractivity contribution in [3.63, 3.8) is 0 Å². The van der Waals surface area contributed by atoms with Gasteiger partial charge in [0, 0.05) is 32.6 Å². The second-order valence-electron chi connectivity index (χ2n) is 8.24. The summed E-state index contributed by atoms with van der Waals surface area (Å²) in [6.07, 6.45) is 6.94. The van der Waals surface area contributed by atoms with Gasteiger partial charge in [0.05, 0.1) is 6.04 Å². The number of halogens is 1. The predicted molar refractivity (Wildman–Crippen MR) is 99.0 cm³/mol. The number of hydrogen-bond donors (Lipinski definition) is 1. The third-order valence-corrected chi connectivity index (χ3v) is 5.38. The Labute approximate surface area is 152 Å². The standard InChI is InChI=1S/C18H33N3O2.ClH/c1-18(2,3)16(19)17(23)21-12-10-20(11-13-21)15(22)9-8-14-6-4-5-7-14;/h14,16H,4-13,19H2,1-3H3;1H/t16-;/m1./s1. The Balaban J connectivity index is 0.00000288. The van der Waals surface area contributed by atoms with Crippen molar-refractivity contribution in [3.05, 3.63) is 0 Å². The lowest BCUT2D eigenvalue weighted by atomic mass is 9.86. The van der Waals surface area contributed by atoms with E-state index in [9.17, 15) is 9.59 Å². The van der Waals surface area contributed by atoms with Crippen molar-refractivity contribution < 1.29 is 9.59 Å². The van der Waals surface area contributed by atoms with Gasteiger partial charge in [-0.1, -0.05) is 46.5 Å². The van der Waals surface area contributed by atoms with E-state index in [1.807, 2.05) is 30.6 Å². The van der Waals surface area contributed by atoms with E-state index >= 15 is 0 Å². The molecule has 0 aromatic rings. The average Bonchev–Trinajstić information content (AvgIpc) is 3.04. The summed E-state index contributed by atoms with van der Waals surface area (Å²) in [5.41, 5.74) is 5.83. The molecular weight excluding hydrogens is 326 g/mol. The fourth-order valence-corrected chi connectivity index (χ4v) is 3.53. The van der Waals surface area contributed by atoms with E-state index in [4.69, 9.17) is 5.73 Å². The van der Waals surface area contributed by atoms with Crippen LogP contribution in [0.5, 0.6) is 0 Å². The largest absolute Gasteiger partial charge is 0.339 e. The minimum Gasteiger partial charge on any atom is -0.339 e. The van der Waals surface area contributed by atoms with Gasteiger partial charge in [0.15, 0.2) is 0 Å². The van der Waals surface area contributed by atoms with Crippen LogP contribution in [0, 0.1) is 11.3 Å². The maximum Gasteiger partial charge on any atom is 0.240 e. The van der Waals surface area contributed by atoms with Crippen molar-refractivity contribution in [1.82, 2.24) is 9.80 Å². The molecule has 140 valence electrons. The first-order valence-electron chi connectivity index (χ1n) is 9.11. The molecule has 1 aliphatic heterocycles. The summed E-state index contributed by atoms with van der Waals surface area (Å²) in [6.45, 7) is 8.46. The van der Waals surface area contributed by atoms with Crippen molar-refractivity contribution in [2.24, 2.45) is 17.1 Å². The van der Waals surface area contributed by atoms with Gasteiger partial charge in [-0.25, -0.2) is 0 Å². The fraction of sp³-hybridized carbons (Fsp3) is 0.889. The van der Waals surface area contributed by atoms with Crippen LogP contribution in [0.4, 0.5) is 0 Å². The van der Waals surface area contributed by atoms with Crippen LogP contribution >= 0.6 is 12.4 Å². The SMILES string of the molecule is CC(C)(C)[C@H](N)C(=O)N1CCN(C(=O)CCC2CCCC2)CC1.Cl. The molecule has 6 heteroatoms. The van der Waals surface area contributed by atoms with Gasteiger partial charge < -0.3 is 15.5 Å². The quantitative estimate of drug-likeness (QED) is 0.838. The molecule has 0 unspecified atom stereocenters. The Morgan fingerprint density at radius 2 is 1.54 bits per heavy atom. The van der Waals surface area contributed by atoms with E-state index in [1.165, 1.54) is 25.7 Å². The molecule has 5 nitrogen and oxygen atoms in total. The van der Waals surface area contributed by atoms with Crippen molar-refractivity contribution in [3.8, 4) is 0 Å². The second-order valence-corrected chi connectivity index (χ2v) is 8.24. The highest BCUT2D eigenvalue weighted by Crippen LogP contribution is 2.28. The van der Waals surface area contributed by atoms with E-state index in [2.05, 4.69) is 0 Å². The number of hydrogen-bond acceptors (Lipinski definition) is 3. The second kappa shape index (κ2) is 9.04. The van der Waals surface area contributed by atoms with Crippen molar-refractivity contribution in [1.29, 1.82) is 0 Å². The lowest BCUT2D eigenvalue weighted by Gasteiger charge is -2.38. The summed E-state index contributed by atoms with van der Waals surface area (Å²) in [4.78, 5) is 28.5. The molecular formula is C18H34ClN3O2. The number of nitrogens with zero attached hydrogens (tertiary/aromatic N) is 2. The highest BCUT2D eigenvalue weighted by molar-refractivity contribution is 5.85. The Morgan fingerprint density at radius 3 is 2.04 bits per heavy atom. The van der Waals surface area contributed by atoms with Gasteiger partial charge in [0.2, 0.25) is 11.8 Å². The molecule has 2 amide bonds. The normalized spacial score (nSPS) is 20.7. The topological polar surface area (TPSA) is 66.6 Å². The third kappa shape index (κ3) is 5.62. The zero-order chi connectivity index (χ0) is 17.0. The molecule has 0 radical (unpaired) electrons.